The van der Waals surface area contributed by atoms with Gasteiger partial charge in [-0.3, -0.25) is 4.98 Å². The molecule has 6 heteroatoms. The Morgan fingerprint density at radius 2 is 1.54 bits per heavy atom. The molecule has 6 nitrogen and oxygen atoms in total. The van der Waals surface area contributed by atoms with Crippen molar-refractivity contribution in [2.24, 2.45) is 10.2 Å². The van der Waals surface area contributed by atoms with Crippen LogP contribution in [0.3, 0.4) is 0 Å². The Labute approximate surface area is 232 Å². The van der Waals surface area contributed by atoms with Crippen molar-refractivity contribution >= 4 is 39.3 Å². The van der Waals surface area contributed by atoms with Crippen molar-refractivity contribution in [1.29, 1.82) is 0 Å². The molecular weight excluding hydrogens is 480 g/mol. The average molecular weight is 521 g/mol. The molecule has 0 spiro atoms. The molecule has 1 aliphatic rings. The van der Waals surface area contributed by atoms with Gasteiger partial charge in [-0.15, -0.1) is 5.11 Å². The molecule has 0 bridgehead atoms. The Balaban J connectivity index is 1.20. The number of unbranched alkanes of at least 4 members (excludes halogenated alkanes) is 5. The second-order valence-corrected chi connectivity index (χ2v) is 10.4. The van der Waals surface area contributed by atoms with Crippen molar-refractivity contribution in [2.75, 3.05) is 28.8 Å². The van der Waals surface area contributed by atoms with Gasteiger partial charge in [0.05, 0.1) is 22.6 Å². The van der Waals surface area contributed by atoms with Gasteiger partial charge in [-0.05, 0) is 91.9 Å². The minimum absolute atomic E-state index is 0.752. The molecule has 3 aromatic carbocycles. The quantitative estimate of drug-likeness (QED) is 0.105. The van der Waals surface area contributed by atoms with Crippen LogP contribution < -0.4 is 15.8 Å². The summed E-state index contributed by atoms with van der Waals surface area (Å²) in [6, 6.07) is 25.0. The molecule has 0 aliphatic carbocycles. The highest BCUT2D eigenvalue weighted by molar-refractivity contribution is 5.98. The molecule has 2 N–H and O–H groups in total. The number of fused-ring (bicyclic) bond motifs is 1. The third-order valence-electron chi connectivity index (χ3n) is 7.46. The molecule has 5 rings (SSSR count). The topological polar surface area (TPSA) is 64.9 Å². The lowest BCUT2D eigenvalue weighted by molar-refractivity contribution is 0.607. The fourth-order valence-electron chi connectivity index (χ4n) is 5.17. The number of aromatic nitrogens is 1. The highest BCUT2D eigenvalue weighted by Crippen LogP contribution is 2.32. The fourth-order valence-corrected chi connectivity index (χ4v) is 5.17. The Morgan fingerprint density at radius 1 is 0.769 bits per heavy atom. The summed E-state index contributed by atoms with van der Waals surface area (Å²) in [4.78, 5) is 7.05. The van der Waals surface area contributed by atoms with E-state index in [-0.39, 0.29) is 0 Å². The minimum atomic E-state index is 0.752. The van der Waals surface area contributed by atoms with Crippen molar-refractivity contribution in [3.05, 3.63) is 84.6 Å². The van der Waals surface area contributed by atoms with Crippen molar-refractivity contribution in [1.82, 2.24) is 4.98 Å². The van der Waals surface area contributed by atoms with E-state index in [1.165, 1.54) is 62.6 Å². The van der Waals surface area contributed by atoms with E-state index in [1.54, 1.807) is 6.20 Å². The molecule has 1 fully saturated rings. The maximum absolute atomic E-state index is 4.61. The zero-order valence-corrected chi connectivity index (χ0v) is 23.1. The smallest absolute Gasteiger partial charge is 0.112 e. The number of aryl methyl sites for hydroxylation is 1. The largest absolute Gasteiger partial charge is 0.372 e. The van der Waals surface area contributed by atoms with Gasteiger partial charge in [0.15, 0.2) is 0 Å². The molecule has 39 heavy (non-hydrogen) atoms. The SMILES string of the molecule is CCCCCCCCc1ccc(N=Nc2ccc(NNc3ccc(N4CCCC4)cc3)c3cccnc23)cc1. The Bertz CT molecular complexity index is 1340. The van der Waals surface area contributed by atoms with E-state index in [4.69, 9.17) is 0 Å². The number of rotatable bonds is 13. The lowest BCUT2D eigenvalue weighted by Gasteiger charge is -2.18. The van der Waals surface area contributed by atoms with Crippen LogP contribution in [0.1, 0.15) is 63.9 Å². The summed E-state index contributed by atoms with van der Waals surface area (Å²) in [6.45, 7) is 4.56. The molecule has 0 amide bonds. The van der Waals surface area contributed by atoms with Gasteiger partial charge in [-0.25, -0.2) is 0 Å². The molecule has 202 valence electrons. The third-order valence-corrected chi connectivity index (χ3v) is 7.46. The van der Waals surface area contributed by atoms with E-state index < -0.39 is 0 Å². The van der Waals surface area contributed by atoms with E-state index >= 15 is 0 Å². The van der Waals surface area contributed by atoms with E-state index in [0.29, 0.717) is 0 Å². The molecule has 1 aromatic heterocycles. The van der Waals surface area contributed by atoms with Crippen molar-refractivity contribution in [3.63, 3.8) is 0 Å². The standard InChI is InChI=1S/C33H40N6/c1-2-3-4-5-6-7-11-26-13-15-27(16-14-26)36-38-32-22-21-31(30-12-10-23-34-33(30)32)37-35-28-17-19-29(20-18-28)39-24-8-9-25-39/h10,12-23,35,37H,2-9,11,24-25H2,1H3. The second-order valence-electron chi connectivity index (χ2n) is 10.4. The second kappa shape index (κ2) is 13.7. The normalized spacial score (nSPS) is 13.4. The number of hydrogen-bond donors (Lipinski definition) is 2. The average Bonchev–Trinajstić information content (AvgIpc) is 3.53. The molecular formula is C33H40N6. The maximum Gasteiger partial charge on any atom is 0.112 e. The first-order valence-electron chi connectivity index (χ1n) is 14.6. The minimum Gasteiger partial charge on any atom is -0.372 e. The van der Waals surface area contributed by atoms with Crippen molar-refractivity contribution in [2.45, 2.75) is 64.7 Å². The van der Waals surface area contributed by atoms with Crippen LogP contribution in [0.15, 0.2) is 89.2 Å². The van der Waals surface area contributed by atoms with Crippen LogP contribution in [0, 0.1) is 0 Å². The summed E-state index contributed by atoms with van der Waals surface area (Å²) in [5.74, 6) is 0. The molecule has 0 saturated carbocycles. The van der Waals surface area contributed by atoms with E-state index in [9.17, 15) is 0 Å². The number of nitrogens with zero attached hydrogens (tertiary/aromatic N) is 4. The first-order valence-corrected chi connectivity index (χ1v) is 14.6. The van der Waals surface area contributed by atoms with E-state index in [2.05, 4.69) is 92.5 Å². The van der Waals surface area contributed by atoms with E-state index in [1.807, 2.05) is 18.2 Å². The van der Waals surface area contributed by atoms with Gasteiger partial charge < -0.3 is 15.8 Å². The van der Waals surface area contributed by atoms with Gasteiger partial charge in [0.1, 0.15) is 5.69 Å². The number of hydrazine groups is 1. The maximum atomic E-state index is 4.61. The number of azo groups is 1. The Hall–Kier alpha value is -3.93. The highest BCUT2D eigenvalue weighted by atomic mass is 15.4. The molecule has 0 atom stereocenters. The molecule has 0 unspecified atom stereocenters. The summed E-state index contributed by atoms with van der Waals surface area (Å²) >= 11 is 0. The number of nitrogens with one attached hydrogen (secondary N) is 2. The fraction of sp³-hybridized carbons (Fsp3) is 0.364. The summed E-state index contributed by atoms with van der Waals surface area (Å²) < 4.78 is 0. The van der Waals surface area contributed by atoms with Crippen molar-refractivity contribution in [3.8, 4) is 0 Å². The summed E-state index contributed by atoms with van der Waals surface area (Å²) in [7, 11) is 0. The highest BCUT2D eigenvalue weighted by Gasteiger charge is 2.12. The van der Waals surface area contributed by atoms with Crippen molar-refractivity contribution < 1.29 is 0 Å². The van der Waals surface area contributed by atoms with Gasteiger partial charge in [-0.2, -0.15) is 5.11 Å². The lowest BCUT2D eigenvalue weighted by Crippen LogP contribution is -2.17. The van der Waals surface area contributed by atoms with Crippen LogP contribution in [0.25, 0.3) is 10.9 Å². The number of pyridine rings is 1. The number of hydrogen-bond acceptors (Lipinski definition) is 6. The monoisotopic (exact) mass is 520 g/mol. The van der Waals surface area contributed by atoms with Gasteiger partial charge in [-0.1, -0.05) is 51.2 Å². The van der Waals surface area contributed by atoms with Crippen LogP contribution in [0.4, 0.5) is 28.4 Å². The van der Waals surface area contributed by atoms with Crippen LogP contribution >= 0.6 is 0 Å². The van der Waals surface area contributed by atoms with Gasteiger partial charge in [0.2, 0.25) is 0 Å². The zero-order valence-electron chi connectivity index (χ0n) is 23.1. The zero-order chi connectivity index (χ0) is 26.7. The summed E-state index contributed by atoms with van der Waals surface area (Å²) in [6.07, 6.45) is 13.4. The lowest BCUT2D eigenvalue weighted by atomic mass is 10.0. The van der Waals surface area contributed by atoms with Crippen LogP contribution in [0.5, 0.6) is 0 Å². The Morgan fingerprint density at radius 3 is 2.33 bits per heavy atom. The molecule has 1 saturated heterocycles. The summed E-state index contributed by atoms with van der Waals surface area (Å²) in [5, 5.41) is 10.1. The molecule has 0 radical (unpaired) electrons. The molecule has 2 heterocycles. The van der Waals surface area contributed by atoms with E-state index in [0.717, 1.165) is 53.2 Å². The molecule has 1 aliphatic heterocycles. The number of benzene rings is 3. The first-order chi connectivity index (χ1) is 19.3. The molecule has 4 aromatic rings. The van der Waals surface area contributed by atoms with Gasteiger partial charge in [0.25, 0.3) is 0 Å². The summed E-state index contributed by atoms with van der Waals surface area (Å²) in [5.41, 5.74) is 13.7. The Kier molecular flexibility index (Phi) is 9.40. The predicted octanol–water partition coefficient (Wildman–Crippen LogP) is 9.59. The predicted molar refractivity (Wildman–Crippen MR) is 165 cm³/mol. The van der Waals surface area contributed by atoms with Gasteiger partial charge >= 0.3 is 0 Å². The first kappa shape index (κ1) is 26.7. The van der Waals surface area contributed by atoms with Crippen LogP contribution in [-0.4, -0.2) is 18.1 Å². The third kappa shape index (κ3) is 7.34. The van der Waals surface area contributed by atoms with Gasteiger partial charge in [0, 0.05) is 30.4 Å². The number of anilines is 3. The van der Waals surface area contributed by atoms with Crippen LogP contribution in [0.2, 0.25) is 0 Å². The van der Waals surface area contributed by atoms with Crippen LogP contribution in [-0.2, 0) is 6.42 Å².